The Morgan fingerprint density at radius 2 is 2.50 bits per heavy atom. The van der Waals surface area contributed by atoms with E-state index in [0.717, 1.165) is 12.2 Å². The van der Waals surface area contributed by atoms with Gasteiger partial charge in [-0.2, -0.15) is 0 Å². The molecule has 0 fully saturated rings. The van der Waals surface area contributed by atoms with Crippen LogP contribution in [-0.4, -0.2) is 15.9 Å². The molecule has 0 amide bonds. The molecule has 0 aromatic heterocycles. The van der Waals surface area contributed by atoms with E-state index in [1.165, 1.54) is 0 Å². The zero-order chi connectivity index (χ0) is 5.98. The van der Waals surface area contributed by atoms with E-state index in [4.69, 9.17) is 18.0 Å². The zero-order valence-electron chi connectivity index (χ0n) is 4.26. The van der Waals surface area contributed by atoms with Crippen LogP contribution in [0.3, 0.4) is 0 Å². The van der Waals surface area contributed by atoms with Crippen LogP contribution >= 0.6 is 24.0 Å². The minimum Gasteiger partial charge on any atom is -0.387 e. The Labute approximate surface area is 57.5 Å². The average Bonchev–Trinajstić information content (AvgIpc) is 1.64. The van der Waals surface area contributed by atoms with E-state index in [1.807, 2.05) is 0 Å². The maximum Gasteiger partial charge on any atom is 0.161 e. The molecule has 2 nitrogen and oxygen atoms in total. The van der Waals surface area contributed by atoms with Gasteiger partial charge in [-0.05, 0) is 0 Å². The van der Waals surface area contributed by atoms with Gasteiger partial charge in [0, 0.05) is 12.2 Å². The van der Waals surface area contributed by atoms with Crippen molar-refractivity contribution in [2.45, 2.75) is 6.42 Å². The lowest BCUT2D eigenvalue weighted by Gasteiger charge is -2.05. The SMILES string of the molecule is NC1=NC(=S)SCC1. The van der Waals surface area contributed by atoms with E-state index in [1.54, 1.807) is 11.8 Å². The van der Waals surface area contributed by atoms with Gasteiger partial charge < -0.3 is 5.73 Å². The van der Waals surface area contributed by atoms with Crippen LogP contribution in [0.2, 0.25) is 0 Å². The summed E-state index contributed by atoms with van der Waals surface area (Å²) < 4.78 is 0.675. The highest BCUT2D eigenvalue weighted by atomic mass is 32.2. The Balaban J connectivity index is 2.64. The Kier molecular flexibility index (Phi) is 1.85. The van der Waals surface area contributed by atoms with Crippen molar-refractivity contribution in [1.29, 1.82) is 0 Å². The minimum atomic E-state index is 0.675. The molecule has 2 N–H and O–H groups in total. The molecule has 8 heavy (non-hydrogen) atoms. The van der Waals surface area contributed by atoms with Gasteiger partial charge in [0.1, 0.15) is 5.84 Å². The van der Waals surface area contributed by atoms with Crippen molar-refractivity contribution in [2.24, 2.45) is 10.7 Å². The summed E-state index contributed by atoms with van der Waals surface area (Å²) >= 11 is 6.36. The minimum absolute atomic E-state index is 0.675. The molecular formula is C4H6N2S2. The molecule has 0 radical (unpaired) electrons. The summed E-state index contributed by atoms with van der Waals surface area (Å²) in [6.45, 7) is 0. The van der Waals surface area contributed by atoms with Gasteiger partial charge >= 0.3 is 0 Å². The lowest BCUT2D eigenvalue weighted by molar-refractivity contribution is 1.26. The van der Waals surface area contributed by atoms with Crippen molar-refractivity contribution in [3.63, 3.8) is 0 Å². The van der Waals surface area contributed by atoms with E-state index >= 15 is 0 Å². The summed E-state index contributed by atoms with van der Waals surface area (Å²) in [6, 6.07) is 0. The molecule has 1 rings (SSSR count). The fourth-order valence-electron chi connectivity index (χ4n) is 0.448. The number of aliphatic imine (C=N–C) groups is 1. The average molecular weight is 146 g/mol. The van der Waals surface area contributed by atoms with E-state index < -0.39 is 0 Å². The van der Waals surface area contributed by atoms with Crippen LogP contribution < -0.4 is 5.73 Å². The molecule has 0 unspecified atom stereocenters. The van der Waals surface area contributed by atoms with Gasteiger partial charge in [0.15, 0.2) is 4.32 Å². The van der Waals surface area contributed by atoms with E-state index in [2.05, 4.69) is 4.99 Å². The third-order valence-corrected chi connectivity index (χ3v) is 2.01. The monoisotopic (exact) mass is 146 g/mol. The highest BCUT2D eigenvalue weighted by Crippen LogP contribution is 2.11. The van der Waals surface area contributed by atoms with Crippen LogP contribution in [0.15, 0.2) is 4.99 Å². The molecule has 0 aromatic rings. The number of amidine groups is 1. The van der Waals surface area contributed by atoms with Crippen molar-refractivity contribution >= 4 is 34.1 Å². The van der Waals surface area contributed by atoms with E-state index in [-0.39, 0.29) is 0 Å². The summed E-state index contributed by atoms with van der Waals surface area (Å²) in [7, 11) is 0. The van der Waals surface area contributed by atoms with Crippen molar-refractivity contribution < 1.29 is 0 Å². The highest BCUT2D eigenvalue weighted by molar-refractivity contribution is 8.23. The van der Waals surface area contributed by atoms with E-state index in [9.17, 15) is 0 Å². The van der Waals surface area contributed by atoms with Gasteiger partial charge in [-0.3, -0.25) is 0 Å². The Bertz CT molecular complexity index is 141. The molecule has 1 aliphatic heterocycles. The summed E-state index contributed by atoms with van der Waals surface area (Å²) in [5.41, 5.74) is 5.37. The zero-order valence-corrected chi connectivity index (χ0v) is 5.89. The van der Waals surface area contributed by atoms with Gasteiger partial charge in [-0.15, -0.1) is 0 Å². The second-order valence-corrected chi connectivity index (χ2v) is 3.20. The second-order valence-electron chi connectivity index (χ2n) is 1.47. The Morgan fingerprint density at radius 1 is 1.75 bits per heavy atom. The Morgan fingerprint density at radius 3 is 2.88 bits per heavy atom. The molecule has 44 valence electrons. The number of nitrogens with two attached hydrogens (primary N) is 1. The van der Waals surface area contributed by atoms with Crippen molar-refractivity contribution in [2.75, 3.05) is 5.75 Å². The topological polar surface area (TPSA) is 38.4 Å². The van der Waals surface area contributed by atoms with Crippen LogP contribution in [0.1, 0.15) is 6.42 Å². The first-order valence-corrected chi connectivity index (χ1v) is 3.68. The molecule has 0 bridgehead atoms. The molecule has 0 aromatic carbocycles. The van der Waals surface area contributed by atoms with E-state index in [0.29, 0.717) is 10.2 Å². The predicted molar refractivity (Wildman–Crippen MR) is 41.3 cm³/mol. The van der Waals surface area contributed by atoms with Gasteiger partial charge in [0.25, 0.3) is 0 Å². The fourth-order valence-corrected chi connectivity index (χ4v) is 1.48. The molecule has 0 saturated heterocycles. The maximum atomic E-state index is 5.37. The molecule has 1 heterocycles. The van der Waals surface area contributed by atoms with Crippen LogP contribution in [0, 0.1) is 0 Å². The smallest absolute Gasteiger partial charge is 0.161 e. The van der Waals surface area contributed by atoms with Gasteiger partial charge in [0.05, 0.1) is 0 Å². The summed E-state index contributed by atoms with van der Waals surface area (Å²) in [5, 5.41) is 0. The molecule has 0 aliphatic carbocycles. The number of thiocarbonyl (C=S) groups is 1. The normalized spacial score (nSPS) is 20.5. The number of thioether (sulfide) groups is 1. The third kappa shape index (κ3) is 1.45. The third-order valence-electron chi connectivity index (χ3n) is 0.819. The largest absolute Gasteiger partial charge is 0.387 e. The summed E-state index contributed by atoms with van der Waals surface area (Å²) in [4.78, 5) is 3.87. The highest BCUT2D eigenvalue weighted by Gasteiger charge is 2.04. The van der Waals surface area contributed by atoms with Gasteiger partial charge in [0.2, 0.25) is 0 Å². The standard InChI is InChI=1S/C4H6N2S2/c5-3-1-2-8-4(7)6-3/h1-2H2,(H2,5,6,7). The number of rotatable bonds is 0. The summed E-state index contributed by atoms with van der Waals surface area (Å²) in [6.07, 6.45) is 0.880. The quantitative estimate of drug-likeness (QED) is 0.513. The molecule has 4 heteroatoms. The molecule has 0 spiro atoms. The van der Waals surface area contributed by atoms with Crippen molar-refractivity contribution in [3.05, 3.63) is 0 Å². The maximum absolute atomic E-state index is 5.37. The van der Waals surface area contributed by atoms with Crippen molar-refractivity contribution in [1.82, 2.24) is 0 Å². The van der Waals surface area contributed by atoms with Gasteiger partial charge in [-0.25, -0.2) is 4.99 Å². The second kappa shape index (κ2) is 2.46. The van der Waals surface area contributed by atoms with Crippen molar-refractivity contribution in [3.8, 4) is 0 Å². The first kappa shape index (κ1) is 6.04. The first-order chi connectivity index (χ1) is 3.79. The lowest BCUT2D eigenvalue weighted by atomic mass is 10.4. The fraction of sp³-hybridized carbons (Fsp3) is 0.500. The Hall–Kier alpha value is -0.0900. The molecular weight excluding hydrogens is 140 g/mol. The van der Waals surface area contributed by atoms with Crippen LogP contribution in [-0.2, 0) is 0 Å². The molecule has 0 saturated carbocycles. The molecule has 0 atom stereocenters. The number of hydrogen-bond acceptors (Lipinski definition) is 3. The lowest BCUT2D eigenvalue weighted by Crippen LogP contribution is -2.17. The predicted octanol–water partition coefficient (Wildman–Crippen LogP) is 0.765. The number of hydrogen-bond donors (Lipinski definition) is 1. The van der Waals surface area contributed by atoms with Crippen LogP contribution in [0.25, 0.3) is 0 Å². The molecule has 1 aliphatic rings. The van der Waals surface area contributed by atoms with Crippen LogP contribution in [0.4, 0.5) is 0 Å². The summed E-state index contributed by atoms with van der Waals surface area (Å²) in [5.74, 6) is 1.67. The first-order valence-electron chi connectivity index (χ1n) is 2.29. The number of nitrogens with zero attached hydrogens (tertiary/aromatic N) is 1. The van der Waals surface area contributed by atoms with Gasteiger partial charge in [-0.1, -0.05) is 24.0 Å². The van der Waals surface area contributed by atoms with Crippen LogP contribution in [0.5, 0.6) is 0 Å².